The van der Waals surface area contributed by atoms with Gasteiger partial charge in [0, 0.05) is 18.7 Å². The monoisotopic (exact) mass is 374 g/mol. The van der Waals surface area contributed by atoms with E-state index < -0.39 is 0 Å². The molecule has 0 nitrogen and oxygen atoms in total. The lowest BCUT2D eigenvalue weighted by Crippen LogP contribution is -1.73. The van der Waals surface area contributed by atoms with Gasteiger partial charge >= 0.3 is 0 Å². The molecule has 0 fully saturated rings. The van der Waals surface area contributed by atoms with E-state index in [1.165, 1.54) is 9.79 Å². The summed E-state index contributed by atoms with van der Waals surface area (Å²) in [6, 6.07) is 16.5. The lowest BCUT2D eigenvalue weighted by atomic mass is 10.4. The lowest BCUT2D eigenvalue weighted by molar-refractivity contribution is 1.41. The molecule has 0 unspecified atom stereocenters. The Labute approximate surface area is 120 Å². The van der Waals surface area contributed by atoms with Crippen LogP contribution in [0.25, 0.3) is 0 Å². The summed E-state index contributed by atoms with van der Waals surface area (Å²) in [5.41, 5.74) is 0. The van der Waals surface area contributed by atoms with Gasteiger partial charge in [0.15, 0.2) is 0 Å². The molecule has 0 aliphatic heterocycles. The van der Waals surface area contributed by atoms with Gasteiger partial charge in [-0.3, -0.25) is 0 Å². The van der Waals surface area contributed by atoms with Crippen LogP contribution in [0.1, 0.15) is 0 Å². The van der Waals surface area contributed by atoms with Gasteiger partial charge in [0.25, 0.3) is 0 Å². The molecule has 0 bridgehead atoms. The smallest absolute Gasteiger partial charge is 0.0328 e. The van der Waals surface area contributed by atoms with Crippen molar-refractivity contribution in [2.45, 2.75) is 9.79 Å². The van der Waals surface area contributed by atoms with Crippen LogP contribution < -0.4 is 0 Å². The summed E-state index contributed by atoms with van der Waals surface area (Å²) in [6.07, 6.45) is 0. The standard InChI is InChI=1S/C12H8Br2S2/c13-9-5-1-3-7-11(9)15-16-12-8-4-2-6-10(12)14/h1-8H. The van der Waals surface area contributed by atoms with Crippen molar-refractivity contribution in [3.05, 3.63) is 57.5 Å². The third kappa shape index (κ3) is 3.29. The van der Waals surface area contributed by atoms with Crippen molar-refractivity contribution < 1.29 is 0 Å². The Hall–Kier alpha value is 0.1000. The van der Waals surface area contributed by atoms with Crippen LogP contribution in [0.15, 0.2) is 67.3 Å². The molecule has 2 aromatic carbocycles. The van der Waals surface area contributed by atoms with Crippen molar-refractivity contribution >= 4 is 53.4 Å². The highest BCUT2D eigenvalue weighted by Crippen LogP contribution is 2.42. The fourth-order valence-corrected chi connectivity index (χ4v) is 4.97. The van der Waals surface area contributed by atoms with Crippen LogP contribution in [0.5, 0.6) is 0 Å². The molecule has 2 aromatic rings. The van der Waals surface area contributed by atoms with Crippen LogP contribution >= 0.6 is 53.4 Å². The van der Waals surface area contributed by atoms with Gasteiger partial charge in [-0.15, -0.1) is 0 Å². The van der Waals surface area contributed by atoms with Crippen LogP contribution in [-0.2, 0) is 0 Å². The molecule has 0 amide bonds. The van der Waals surface area contributed by atoms with Crippen molar-refractivity contribution in [2.24, 2.45) is 0 Å². The molecule has 0 saturated carbocycles. The maximum absolute atomic E-state index is 3.54. The van der Waals surface area contributed by atoms with Crippen LogP contribution in [0.3, 0.4) is 0 Å². The molecular formula is C12H8Br2S2. The zero-order valence-electron chi connectivity index (χ0n) is 8.19. The number of benzene rings is 2. The van der Waals surface area contributed by atoms with Crippen LogP contribution in [0.4, 0.5) is 0 Å². The Kier molecular flexibility index (Phi) is 4.82. The van der Waals surface area contributed by atoms with Crippen LogP contribution in [0, 0.1) is 0 Å². The first kappa shape index (κ1) is 12.6. The molecule has 4 heteroatoms. The normalized spacial score (nSPS) is 10.4. The van der Waals surface area contributed by atoms with Gasteiger partial charge in [-0.25, -0.2) is 0 Å². The zero-order valence-corrected chi connectivity index (χ0v) is 13.0. The maximum atomic E-state index is 3.54. The summed E-state index contributed by atoms with van der Waals surface area (Å²) in [5, 5.41) is 0. The molecule has 0 heterocycles. The first-order valence-corrected chi connectivity index (χ1v) is 8.34. The third-order valence-corrected chi connectivity index (χ3v) is 6.28. The fraction of sp³-hybridized carbons (Fsp3) is 0. The van der Waals surface area contributed by atoms with Crippen LogP contribution in [0.2, 0.25) is 0 Å². The highest BCUT2D eigenvalue weighted by Gasteiger charge is 2.03. The van der Waals surface area contributed by atoms with E-state index in [0.29, 0.717) is 0 Å². The summed E-state index contributed by atoms with van der Waals surface area (Å²) in [7, 11) is 3.51. The fourth-order valence-electron chi connectivity index (χ4n) is 1.11. The first-order valence-electron chi connectivity index (χ1n) is 4.61. The van der Waals surface area contributed by atoms with E-state index in [4.69, 9.17) is 0 Å². The van der Waals surface area contributed by atoms with E-state index in [2.05, 4.69) is 56.1 Å². The van der Waals surface area contributed by atoms with E-state index in [1.807, 2.05) is 24.3 Å². The summed E-state index contributed by atoms with van der Waals surface area (Å²) in [5.74, 6) is 0. The topological polar surface area (TPSA) is 0 Å². The van der Waals surface area contributed by atoms with Crippen molar-refractivity contribution in [1.82, 2.24) is 0 Å². The van der Waals surface area contributed by atoms with Crippen molar-refractivity contribution in [1.29, 1.82) is 0 Å². The van der Waals surface area contributed by atoms with Crippen molar-refractivity contribution in [3.8, 4) is 0 Å². The summed E-state index contributed by atoms with van der Waals surface area (Å²) >= 11 is 7.08. The molecular weight excluding hydrogens is 368 g/mol. The quantitative estimate of drug-likeness (QED) is 0.602. The van der Waals surface area contributed by atoms with E-state index in [0.717, 1.165) is 8.95 Å². The van der Waals surface area contributed by atoms with Gasteiger partial charge in [-0.05, 0) is 56.1 Å². The summed E-state index contributed by atoms with van der Waals surface area (Å²) in [4.78, 5) is 2.48. The number of halogens is 2. The molecule has 0 spiro atoms. The van der Waals surface area contributed by atoms with Gasteiger partial charge in [0.2, 0.25) is 0 Å². The minimum atomic E-state index is 1.14. The van der Waals surface area contributed by atoms with Crippen molar-refractivity contribution in [2.75, 3.05) is 0 Å². The molecule has 16 heavy (non-hydrogen) atoms. The van der Waals surface area contributed by atoms with E-state index in [9.17, 15) is 0 Å². The molecule has 0 atom stereocenters. The molecule has 0 radical (unpaired) electrons. The minimum absolute atomic E-state index is 1.14. The Morgan fingerprint density at radius 3 is 1.38 bits per heavy atom. The third-order valence-electron chi connectivity index (χ3n) is 1.89. The molecule has 0 aliphatic rings. The van der Waals surface area contributed by atoms with E-state index in [1.54, 1.807) is 21.6 Å². The second-order valence-electron chi connectivity index (χ2n) is 3.03. The van der Waals surface area contributed by atoms with Gasteiger partial charge in [0.05, 0.1) is 0 Å². The molecule has 0 aliphatic carbocycles. The number of hydrogen-bond acceptors (Lipinski definition) is 2. The van der Waals surface area contributed by atoms with Gasteiger partial charge in [-0.1, -0.05) is 45.9 Å². The largest absolute Gasteiger partial charge is 0.0611 e. The van der Waals surface area contributed by atoms with Crippen LogP contribution in [-0.4, -0.2) is 0 Å². The molecule has 2 rings (SSSR count). The highest BCUT2D eigenvalue weighted by molar-refractivity contribution is 9.11. The highest BCUT2D eigenvalue weighted by atomic mass is 79.9. The average molecular weight is 376 g/mol. The predicted octanol–water partition coefficient (Wildman–Crippen LogP) is 6.01. The molecule has 0 N–H and O–H groups in total. The predicted molar refractivity (Wildman–Crippen MR) is 80.0 cm³/mol. The second kappa shape index (κ2) is 6.15. The summed E-state index contributed by atoms with van der Waals surface area (Å²) in [6.45, 7) is 0. The van der Waals surface area contributed by atoms with Gasteiger partial charge < -0.3 is 0 Å². The number of hydrogen-bond donors (Lipinski definition) is 0. The molecule has 0 saturated heterocycles. The molecule has 82 valence electrons. The first-order chi connectivity index (χ1) is 7.77. The maximum Gasteiger partial charge on any atom is 0.0328 e. The molecule has 0 aromatic heterocycles. The summed E-state index contributed by atoms with van der Waals surface area (Å²) < 4.78 is 2.28. The van der Waals surface area contributed by atoms with Crippen molar-refractivity contribution in [3.63, 3.8) is 0 Å². The zero-order chi connectivity index (χ0) is 11.4. The second-order valence-corrected chi connectivity index (χ2v) is 6.95. The Balaban J connectivity index is 2.09. The Morgan fingerprint density at radius 1 is 0.625 bits per heavy atom. The van der Waals surface area contributed by atoms with Gasteiger partial charge in [-0.2, -0.15) is 0 Å². The number of rotatable bonds is 3. The SMILES string of the molecule is Brc1ccccc1SSc1ccccc1Br. The lowest BCUT2D eigenvalue weighted by Gasteiger charge is -2.04. The van der Waals surface area contributed by atoms with E-state index >= 15 is 0 Å². The Morgan fingerprint density at radius 2 is 1.00 bits per heavy atom. The van der Waals surface area contributed by atoms with E-state index in [-0.39, 0.29) is 0 Å². The Bertz CT molecular complexity index is 440. The minimum Gasteiger partial charge on any atom is -0.0611 e. The van der Waals surface area contributed by atoms with Gasteiger partial charge in [0.1, 0.15) is 0 Å². The average Bonchev–Trinajstić information content (AvgIpc) is 2.30.